The molecule has 156 valence electrons. The zero-order valence-corrected chi connectivity index (χ0v) is 19.3. The van der Waals surface area contributed by atoms with Gasteiger partial charge in [-0.1, -0.05) is 64.8 Å². The highest BCUT2D eigenvalue weighted by Gasteiger charge is 2.42. The molecule has 0 N–H and O–H groups in total. The van der Waals surface area contributed by atoms with Gasteiger partial charge in [-0.3, -0.25) is 9.59 Å². The number of anilines is 2. The highest BCUT2D eigenvalue weighted by molar-refractivity contribution is 8.04. The van der Waals surface area contributed by atoms with Gasteiger partial charge in [0.2, 0.25) is 0 Å². The number of imide groups is 1. The Balaban J connectivity index is 1.81. The number of nitrogens with zero attached hydrogens (tertiary/aromatic N) is 2. The van der Waals surface area contributed by atoms with E-state index in [1.54, 1.807) is 54.4 Å². The minimum Gasteiger partial charge on any atom is -0.339 e. The lowest BCUT2D eigenvalue weighted by molar-refractivity contribution is -0.120. The van der Waals surface area contributed by atoms with E-state index in [0.717, 1.165) is 15.5 Å². The molecule has 1 heterocycles. The molecule has 1 aliphatic rings. The molecule has 2 amide bonds. The van der Waals surface area contributed by atoms with Crippen molar-refractivity contribution in [3.05, 3.63) is 98.5 Å². The second-order valence-corrected chi connectivity index (χ2v) is 9.09. The lowest BCUT2D eigenvalue weighted by Crippen LogP contribution is -2.34. The number of hydrogen-bond donors (Lipinski definition) is 0. The molecule has 8 heteroatoms. The molecule has 4 rings (SSSR count). The van der Waals surface area contributed by atoms with Crippen LogP contribution in [0.5, 0.6) is 0 Å². The summed E-state index contributed by atoms with van der Waals surface area (Å²) in [5.41, 5.74) is 1.37. The van der Waals surface area contributed by atoms with Crippen LogP contribution in [0.3, 0.4) is 0 Å². The van der Waals surface area contributed by atoms with E-state index in [9.17, 15) is 9.59 Å². The molecule has 0 aliphatic carbocycles. The van der Waals surface area contributed by atoms with Crippen LogP contribution in [-0.4, -0.2) is 18.9 Å². The summed E-state index contributed by atoms with van der Waals surface area (Å²) >= 11 is 19.4. The summed E-state index contributed by atoms with van der Waals surface area (Å²) in [7, 11) is 1.76. The fraction of sp³-hybridized carbons (Fsp3) is 0.0435. The Labute approximate surface area is 199 Å². The first-order chi connectivity index (χ1) is 14.8. The average molecular weight is 490 g/mol. The molecule has 0 aromatic heterocycles. The normalized spacial score (nSPS) is 13.9. The predicted molar refractivity (Wildman–Crippen MR) is 128 cm³/mol. The monoisotopic (exact) mass is 488 g/mol. The van der Waals surface area contributed by atoms with E-state index < -0.39 is 11.8 Å². The fourth-order valence-electron chi connectivity index (χ4n) is 3.19. The maximum atomic E-state index is 13.5. The molecular weight excluding hydrogens is 475 g/mol. The van der Waals surface area contributed by atoms with Crippen molar-refractivity contribution in [3.8, 4) is 0 Å². The van der Waals surface area contributed by atoms with Crippen molar-refractivity contribution in [2.24, 2.45) is 0 Å². The van der Waals surface area contributed by atoms with Gasteiger partial charge in [0, 0.05) is 32.7 Å². The fourth-order valence-corrected chi connectivity index (χ4v) is 4.84. The van der Waals surface area contributed by atoms with Crippen molar-refractivity contribution >= 4 is 69.8 Å². The van der Waals surface area contributed by atoms with Crippen molar-refractivity contribution < 1.29 is 9.59 Å². The summed E-state index contributed by atoms with van der Waals surface area (Å²) in [5, 5.41) is 1.25. The summed E-state index contributed by atoms with van der Waals surface area (Å²) in [5.74, 6) is -0.896. The van der Waals surface area contributed by atoms with Crippen LogP contribution in [0.25, 0.3) is 0 Å². The molecule has 1 aliphatic heterocycles. The Kier molecular flexibility index (Phi) is 6.30. The van der Waals surface area contributed by atoms with Crippen molar-refractivity contribution in [3.63, 3.8) is 0 Å². The Hall–Kier alpha value is -2.44. The van der Waals surface area contributed by atoms with Crippen LogP contribution < -0.4 is 9.80 Å². The summed E-state index contributed by atoms with van der Waals surface area (Å²) in [6.07, 6.45) is 0. The molecule has 0 bridgehead atoms. The molecule has 0 saturated heterocycles. The third-order valence-electron chi connectivity index (χ3n) is 4.64. The van der Waals surface area contributed by atoms with Gasteiger partial charge in [-0.15, -0.1) is 0 Å². The molecule has 3 aromatic rings. The zero-order valence-electron chi connectivity index (χ0n) is 16.2. The molecule has 0 spiro atoms. The number of carbonyl (C=O) groups excluding carboxylic acids is 2. The molecule has 4 nitrogen and oxygen atoms in total. The number of halogens is 3. The molecule has 3 aromatic carbocycles. The Bertz CT molecular complexity index is 1180. The third-order valence-corrected chi connectivity index (χ3v) is 6.40. The highest BCUT2D eigenvalue weighted by Crippen LogP contribution is 2.40. The number of hydrogen-bond acceptors (Lipinski definition) is 4. The number of carbonyl (C=O) groups is 2. The summed E-state index contributed by atoms with van der Waals surface area (Å²) in [6.45, 7) is 0. The number of thioether (sulfide) groups is 1. The highest BCUT2D eigenvalue weighted by atomic mass is 35.5. The number of rotatable bonds is 5. The van der Waals surface area contributed by atoms with E-state index in [-0.39, 0.29) is 5.70 Å². The van der Waals surface area contributed by atoms with Crippen LogP contribution in [0.2, 0.25) is 15.1 Å². The molecule has 0 atom stereocenters. The number of para-hydroxylation sites is 1. The van der Waals surface area contributed by atoms with E-state index in [2.05, 4.69) is 0 Å². The first kappa shape index (κ1) is 21.8. The first-order valence-corrected chi connectivity index (χ1v) is 11.1. The van der Waals surface area contributed by atoms with Crippen LogP contribution in [0.15, 0.2) is 88.3 Å². The van der Waals surface area contributed by atoms with Gasteiger partial charge in [0.15, 0.2) is 0 Å². The lowest BCUT2D eigenvalue weighted by Gasteiger charge is -2.21. The number of amides is 2. The van der Waals surface area contributed by atoms with Gasteiger partial charge in [-0.2, -0.15) is 0 Å². The van der Waals surface area contributed by atoms with Gasteiger partial charge in [0.05, 0.1) is 5.69 Å². The maximum absolute atomic E-state index is 13.5. The van der Waals surface area contributed by atoms with Crippen LogP contribution in [0, 0.1) is 0 Å². The molecule has 0 unspecified atom stereocenters. The van der Waals surface area contributed by atoms with Crippen molar-refractivity contribution in [2.75, 3.05) is 16.8 Å². The zero-order chi connectivity index (χ0) is 22.1. The number of likely N-dealkylation sites (N-methyl/N-ethyl adjacent to an activating group) is 1. The van der Waals surface area contributed by atoms with Crippen molar-refractivity contribution in [1.29, 1.82) is 0 Å². The second-order valence-electron chi connectivity index (χ2n) is 6.70. The molecule has 0 fully saturated rings. The molecule has 0 saturated carbocycles. The topological polar surface area (TPSA) is 40.6 Å². The van der Waals surface area contributed by atoms with Crippen LogP contribution in [0.1, 0.15) is 0 Å². The SMILES string of the molecule is CN(C1=C(Sc2ccc(Cl)cc2)C(=O)N(c2cc(Cl)cc(Cl)c2)C1=O)c1ccccc1. The van der Waals surface area contributed by atoms with Gasteiger partial charge in [-0.25, -0.2) is 4.90 Å². The van der Waals surface area contributed by atoms with Crippen molar-refractivity contribution in [2.45, 2.75) is 4.90 Å². The molecule has 0 radical (unpaired) electrons. The Morgan fingerprint density at radius 2 is 1.39 bits per heavy atom. The largest absolute Gasteiger partial charge is 0.339 e. The van der Waals surface area contributed by atoms with E-state index in [0.29, 0.717) is 25.7 Å². The second kappa shape index (κ2) is 8.97. The van der Waals surface area contributed by atoms with Gasteiger partial charge in [0.1, 0.15) is 10.6 Å². The molecule has 31 heavy (non-hydrogen) atoms. The van der Waals surface area contributed by atoms with Crippen LogP contribution in [-0.2, 0) is 9.59 Å². The van der Waals surface area contributed by atoms with E-state index in [1.165, 1.54) is 11.8 Å². The summed E-state index contributed by atoms with van der Waals surface area (Å²) in [4.78, 5) is 30.8. The lowest BCUT2D eigenvalue weighted by atomic mass is 10.2. The third kappa shape index (κ3) is 4.46. The Morgan fingerprint density at radius 1 is 0.774 bits per heavy atom. The smallest absolute Gasteiger partial charge is 0.283 e. The number of benzene rings is 3. The standard InChI is InChI=1S/C23H15Cl3N2O2S/c1-27(17-5-3-2-4-6-17)20-21(31-19-9-7-14(24)8-10-19)23(30)28(22(20)29)18-12-15(25)11-16(26)13-18/h2-13H,1H3. The summed E-state index contributed by atoms with van der Waals surface area (Å²) in [6, 6.07) is 21.1. The molecular formula is C23H15Cl3N2O2S. The Morgan fingerprint density at radius 3 is 2.00 bits per heavy atom. The van der Waals surface area contributed by atoms with Gasteiger partial charge in [0.25, 0.3) is 11.8 Å². The van der Waals surface area contributed by atoms with E-state index in [1.807, 2.05) is 30.3 Å². The minimum atomic E-state index is -0.453. The summed E-state index contributed by atoms with van der Waals surface area (Å²) < 4.78 is 0. The quantitative estimate of drug-likeness (QED) is 0.376. The van der Waals surface area contributed by atoms with Crippen molar-refractivity contribution in [1.82, 2.24) is 0 Å². The predicted octanol–water partition coefficient (Wildman–Crippen LogP) is 6.66. The van der Waals surface area contributed by atoms with Gasteiger partial charge in [-0.05, 0) is 54.6 Å². The van der Waals surface area contributed by atoms with Gasteiger partial charge >= 0.3 is 0 Å². The minimum absolute atomic E-state index is 0.271. The maximum Gasteiger partial charge on any atom is 0.283 e. The van der Waals surface area contributed by atoms with E-state index in [4.69, 9.17) is 34.8 Å². The van der Waals surface area contributed by atoms with E-state index >= 15 is 0 Å². The first-order valence-electron chi connectivity index (χ1n) is 9.16. The van der Waals surface area contributed by atoms with Crippen LogP contribution in [0.4, 0.5) is 11.4 Å². The average Bonchev–Trinajstić information content (AvgIpc) is 2.98. The van der Waals surface area contributed by atoms with Crippen LogP contribution >= 0.6 is 46.6 Å². The van der Waals surface area contributed by atoms with Gasteiger partial charge < -0.3 is 4.90 Å².